The molecule has 3 N–H and O–H groups in total. The summed E-state index contributed by atoms with van der Waals surface area (Å²) in [5, 5.41) is 15.4. The summed E-state index contributed by atoms with van der Waals surface area (Å²) in [7, 11) is 0. The fraction of sp³-hybridized carbons (Fsp3) is 0.250. The van der Waals surface area contributed by atoms with Crippen LogP contribution in [0.1, 0.15) is 30.7 Å². The molecule has 3 aromatic rings. The summed E-state index contributed by atoms with van der Waals surface area (Å²) in [5.74, 6) is -0.518. The molecule has 174 valence electrons. The van der Waals surface area contributed by atoms with E-state index in [0.29, 0.717) is 11.3 Å². The Balaban J connectivity index is 2.20. The van der Waals surface area contributed by atoms with Gasteiger partial charge in [-0.15, -0.1) is 13.2 Å². The van der Waals surface area contributed by atoms with Gasteiger partial charge < -0.3 is 20.5 Å². The van der Waals surface area contributed by atoms with Gasteiger partial charge in [0.15, 0.2) is 0 Å². The van der Waals surface area contributed by atoms with E-state index in [4.69, 9.17) is 0 Å². The maximum Gasteiger partial charge on any atom is 0.573 e. The number of ether oxygens (including phenoxy) is 1. The normalized spacial score (nSPS) is 13.3. The first-order chi connectivity index (χ1) is 15.6. The molecule has 0 bridgehead atoms. The number of carbonyl (C=O) groups is 1. The molecule has 1 unspecified atom stereocenters. The number of hydrogen-bond acceptors (Lipinski definition) is 4. The number of carbonyl (C=O) groups excluding carboxylic acids is 1. The van der Waals surface area contributed by atoms with Crippen molar-refractivity contribution in [3.05, 3.63) is 89.7 Å². The van der Waals surface area contributed by atoms with Crippen molar-refractivity contribution in [2.24, 2.45) is 0 Å². The molecule has 0 saturated heterocycles. The van der Waals surface area contributed by atoms with Gasteiger partial charge in [-0.2, -0.15) is 0 Å². The van der Waals surface area contributed by atoms with Gasteiger partial charge in [0, 0.05) is 12.5 Å². The molecule has 1 aromatic heterocycles. The number of benzene rings is 2. The summed E-state index contributed by atoms with van der Waals surface area (Å²) >= 11 is 0. The topological polar surface area (TPSA) is 83.5 Å². The minimum absolute atomic E-state index is 0.0897. The molecule has 1 heterocycles. The van der Waals surface area contributed by atoms with Crippen LogP contribution in [0.15, 0.2) is 72.9 Å². The SMILES string of the molecule is CC(C)NC(=O)NC(Cc1ccccc1)(c1cccc(OC(F)(F)F)c1)c1ccc(O)cn1. The van der Waals surface area contributed by atoms with Crippen LogP contribution >= 0.6 is 0 Å². The van der Waals surface area contributed by atoms with E-state index in [1.165, 1.54) is 36.5 Å². The largest absolute Gasteiger partial charge is 0.573 e. The second-order valence-electron chi connectivity index (χ2n) is 7.80. The van der Waals surface area contributed by atoms with Crippen LogP contribution in [0.3, 0.4) is 0 Å². The molecule has 0 fully saturated rings. The van der Waals surface area contributed by atoms with Crippen LogP contribution in [-0.4, -0.2) is 28.5 Å². The van der Waals surface area contributed by atoms with Crippen molar-refractivity contribution in [1.82, 2.24) is 15.6 Å². The third-order valence-electron chi connectivity index (χ3n) is 4.80. The average molecular weight is 459 g/mol. The van der Waals surface area contributed by atoms with Crippen LogP contribution in [-0.2, 0) is 12.0 Å². The van der Waals surface area contributed by atoms with Gasteiger partial charge in [-0.05, 0) is 49.2 Å². The predicted molar refractivity (Wildman–Crippen MR) is 117 cm³/mol. The number of halogens is 3. The molecule has 0 spiro atoms. The molecule has 0 aliphatic rings. The van der Waals surface area contributed by atoms with Gasteiger partial charge in [0.1, 0.15) is 17.0 Å². The van der Waals surface area contributed by atoms with Crippen molar-refractivity contribution >= 4 is 6.03 Å². The van der Waals surface area contributed by atoms with Gasteiger partial charge in [-0.1, -0.05) is 42.5 Å². The van der Waals surface area contributed by atoms with E-state index in [-0.39, 0.29) is 18.2 Å². The predicted octanol–water partition coefficient (Wildman–Crippen LogP) is 4.88. The van der Waals surface area contributed by atoms with Crippen LogP contribution in [0, 0.1) is 0 Å². The van der Waals surface area contributed by atoms with Crippen molar-refractivity contribution < 1.29 is 27.8 Å². The minimum atomic E-state index is -4.88. The lowest BCUT2D eigenvalue weighted by atomic mass is 9.80. The molecule has 2 amide bonds. The zero-order valence-corrected chi connectivity index (χ0v) is 18.1. The quantitative estimate of drug-likeness (QED) is 0.470. The fourth-order valence-electron chi connectivity index (χ4n) is 3.51. The van der Waals surface area contributed by atoms with Crippen molar-refractivity contribution in [3.8, 4) is 11.5 Å². The highest BCUT2D eigenvalue weighted by atomic mass is 19.4. The van der Waals surface area contributed by atoms with Gasteiger partial charge in [0.2, 0.25) is 0 Å². The summed E-state index contributed by atoms with van der Waals surface area (Å²) in [6.45, 7) is 3.57. The standard InChI is InChI=1S/C24H24F3N3O3/c1-16(2)29-22(32)30-23(14-17-7-4-3-5-8-17,21-12-11-19(31)15-28-21)18-9-6-10-20(13-18)33-24(25,26)27/h3-13,15-16,31H,14H2,1-2H3,(H2,29,30,32). The Morgan fingerprint density at radius 3 is 2.39 bits per heavy atom. The fourth-order valence-corrected chi connectivity index (χ4v) is 3.51. The molecule has 33 heavy (non-hydrogen) atoms. The van der Waals surface area contributed by atoms with E-state index >= 15 is 0 Å². The third-order valence-corrected chi connectivity index (χ3v) is 4.80. The second-order valence-corrected chi connectivity index (χ2v) is 7.80. The smallest absolute Gasteiger partial charge is 0.506 e. The van der Waals surface area contributed by atoms with Crippen LogP contribution in [0.25, 0.3) is 0 Å². The van der Waals surface area contributed by atoms with Gasteiger partial charge >= 0.3 is 12.4 Å². The second kappa shape index (κ2) is 9.81. The lowest BCUT2D eigenvalue weighted by molar-refractivity contribution is -0.274. The molecule has 0 radical (unpaired) electrons. The number of nitrogens with one attached hydrogen (secondary N) is 2. The van der Waals surface area contributed by atoms with Crippen LogP contribution in [0.4, 0.5) is 18.0 Å². The summed E-state index contributed by atoms with van der Waals surface area (Å²) in [6, 6.07) is 16.8. The maximum atomic E-state index is 12.9. The number of pyridine rings is 1. The number of aromatic nitrogens is 1. The van der Waals surface area contributed by atoms with Crippen LogP contribution in [0.2, 0.25) is 0 Å². The van der Waals surface area contributed by atoms with Crippen LogP contribution in [0.5, 0.6) is 11.5 Å². The number of aromatic hydroxyl groups is 1. The highest BCUT2D eigenvalue weighted by molar-refractivity contribution is 5.76. The first-order valence-corrected chi connectivity index (χ1v) is 10.2. The number of alkyl halides is 3. The van der Waals surface area contributed by atoms with E-state index in [1.54, 1.807) is 19.9 Å². The van der Waals surface area contributed by atoms with E-state index < -0.39 is 23.7 Å². The van der Waals surface area contributed by atoms with E-state index in [1.807, 2.05) is 30.3 Å². The molecule has 0 aliphatic carbocycles. The summed E-state index contributed by atoms with van der Waals surface area (Å²) in [4.78, 5) is 17.2. The van der Waals surface area contributed by atoms with E-state index in [2.05, 4.69) is 20.4 Å². The Kier molecular flexibility index (Phi) is 7.10. The van der Waals surface area contributed by atoms with Crippen molar-refractivity contribution in [2.75, 3.05) is 0 Å². The van der Waals surface area contributed by atoms with Gasteiger partial charge in [0.05, 0.1) is 11.9 Å². The number of amides is 2. The van der Waals surface area contributed by atoms with E-state index in [0.717, 1.165) is 5.56 Å². The molecule has 1 atom stereocenters. The molecule has 6 nitrogen and oxygen atoms in total. The number of hydrogen-bond donors (Lipinski definition) is 3. The minimum Gasteiger partial charge on any atom is -0.506 e. The Hall–Kier alpha value is -3.75. The average Bonchev–Trinajstić information content (AvgIpc) is 2.73. The molecular formula is C24H24F3N3O3. The number of rotatable bonds is 7. The number of nitrogens with zero attached hydrogens (tertiary/aromatic N) is 1. The molecule has 0 saturated carbocycles. The molecule has 3 rings (SSSR count). The summed E-state index contributed by atoms with van der Waals surface area (Å²) in [5.41, 5.74) is 0.0794. The Morgan fingerprint density at radius 1 is 1.06 bits per heavy atom. The Morgan fingerprint density at radius 2 is 1.79 bits per heavy atom. The first kappa shape index (κ1) is 23.9. The van der Waals surface area contributed by atoms with Crippen molar-refractivity contribution in [2.45, 2.75) is 38.2 Å². The zero-order valence-electron chi connectivity index (χ0n) is 18.1. The van der Waals surface area contributed by atoms with Crippen LogP contribution < -0.4 is 15.4 Å². The lowest BCUT2D eigenvalue weighted by Gasteiger charge is -2.36. The number of urea groups is 1. The zero-order chi connectivity index (χ0) is 24.1. The van der Waals surface area contributed by atoms with E-state index in [9.17, 15) is 23.1 Å². The Labute approximate surface area is 189 Å². The molecule has 2 aromatic carbocycles. The molecular weight excluding hydrogens is 435 g/mol. The Bertz CT molecular complexity index is 1070. The third kappa shape index (κ3) is 6.38. The maximum absolute atomic E-state index is 12.9. The van der Waals surface area contributed by atoms with Crippen molar-refractivity contribution in [3.63, 3.8) is 0 Å². The van der Waals surface area contributed by atoms with Gasteiger partial charge in [-0.25, -0.2) is 4.79 Å². The lowest BCUT2D eigenvalue weighted by Crippen LogP contribution is -2.53. The van der Waals surface area contributed by atoms with Gasteiger partial charge in [0.25, 0.3) is 0 Å². The first-order valence-electron chi connectivity index (χ1n) is 10.2. The monoisotopic (exact) mass is 459 g/mol. The molecule has 9 heteroatoms. The van der Waals surface area contributed by atoms with Gasteiger partial charge in [-0.3, -0.25) is 4.98 Å². The molecule has 0 aliphatic heterocycles. The summed E-state index contributed by atoms with van der Waals surface area (Å²) < 4.78 is 42.8. The summed E-state index contributed by atoms with van der Waals surface area (Å²) in [6.07, 6.45) is -3.49. The highest BCUT2D eigenvalue weighted by Crippen LogP contribution is 2.36. The van der Waals surface area contributed by atoms with Crippen molar-refractivity contribution in [1.29, 1.82) is 0 Å². The highest BCUT2D eigenvalue weighted by Gasteiger charge is 2.39.